The molecule has 0 saturated heterocycles. The van der Waals surface area contributed by atoms with Crippen LogP contribution in [-0.2, 0) is 9.53 Å². The van der Waals surface area contributed by atoms with E-state index in [4.69, 9.17) is 4.74 Å². The van der Waals surface area contributed by atoms with Gasteiger partial charge in [-0.25, -0.2) is 0 Å². The predicted molar refractivity (Wildman–Crippen MR) is 159 cm³/mol. The molecule has 10 atom stereocenters. The molecule has 4 nitrogen and oxygen atoms in total. The van der Waals surface area contributed by atoms with Crippen LogP contribution in [0.2, 0.25) is 0 Å². The number of fused-ring (bicyclic) bond motifs is 7. The standard InChI is InChI=1S/C35H60NO3/c1-23(2)24-13-18-35(30(38)39-22-21-36(8,9)10)20-19-33(6)25(29(24)35)11-12-27-32(5)16-15-28(37)31(3,4)26(32)14-17-34(27,33)7/h24-29,37H,1,11-22H2,2-10H3/q+1. The zero-order valence-corrected chi connectivity index (χ0v) is 26.9. The molecule has 0 aromatic rings. The van der Waals surface area contributed by atoms with Gasteiger partial charge >= 0.3 is 5.97 Å². The van der Waals surface area contributed by atoms with Gasteiger partial charge in [0.2, 0.25) is 0 Å². The van der Waals surface area contributed by atoms with Crippen LogP contribution in [0.5, 0.6) is 0 Å². The van der Waals surface area contributed by atoms with Crippen molar-refractivity contribution in [2.45, 2.75) is 112 Å². The Morgan fingerprint density at radius 2 is 1.56 bits per heavy atom. The summed E-state index contributed by atoms with van der Waals surface area (Å²) in [6.45, 7) is 20.6. The van der Waals surface area contributed by atoms with Crippen LogP contribution < -0.4 is 0 Å². The van der Waals surface area contributed by atoms with E-state index < -0.39 is 0 Å². The Kier molecular flexibility index (Phi) is 7.07. The molecule has 5 rings (SSSR count). The third-order valence-corrected chi connectivity index (χ3v) is 14.4. The fourth-order valence-electron chi connectivity index (χ4n) is 12.0. The molecule has 5 saturated carbocycles. The lowest BCUT2D eigenvalue weighted by atomic mass is 9.32. The number of likely N-dealkylation sites (N-methyl/N-ethyl adjacent to an activating group) is 1. The van der Waals surface area contributed by atoms with Gasteiger partial charge < -0.3 is 14.3 Å². The highest BCUT2D eigenvalue weighted by Gasteiger charge is 2.72. The molecule has 10 unspecified atom stereocenters. The Morgan fingerprint density at radius 1 is 0.872 bits per heavy atom. The molecule has 0 heterocycles. The number of aliphatic hydroxyl groups excluding tert-OH is 1. The summed E-state index contributed by atoms with van der Waals surface area (Å²) in [5, 5.41) is 11.0. The molecule has 222 valence electrons. The maximum atomic E-state index is 14.1. The summed E-state index contributed by atoms with van der Waals surface area (Å²) in [7, 11) is 6.49. The average molecular weight is 543 g/mol. The number of carbonyl (C=O) groups excluding carboxylic acids is 1. The van der Waals surface area contributed by atoms with Gasteiger partial charge in [-0.05, 0) is 122 Å². The molecule has 4 heteroatoms. The number of rotatable bonds is 5. The highest BCUT2D eigenvalue weighted by molar-refractivity contribution is 5.78. The highest BCUT2D eigenvalue weighted by atomic mass is 16.5. The Morgan fingerprint density at radius 3 is 2.21 bits per heavy atom. The van der Waals surface area contributed by atoms with Crippen molar-refractivity contribution < 1.29 is 19.1 Å². The van der Waals surface area contributed by atoms with E-state index in [1.54, 1.807) is 0 Å². The second kappa shape index (κ2) is 9.32. The number of nitrogens with zero attached hydrogens (tertiary/aromatic N) is 1. The zero-order valence-electron chi connectivity index (χ0n) is 26.9. The van der Waals surface area contributed by atoms with Gasteiger partial charge in [0.15, 0.2) is 0 Å². The molecule has 0 aromatic carbocycles. The van der Waals surface area contributed by atoms with E-state index in [0.717, 1.165) is 49.6 Å². The molecule has 0 amide bonds. The Bertz CT molecular complexity index is 996. The number of carbonyl (C=O) groups is 1. The lowest BCUT2D eigenvalue weighted by Crippen LogP contribution is -2.67. The summed E-state index contributed by atoms with van der Waals surface area (Å²) in [5.41, 5.74) is 1.70. The summed E-state index contributed by atoms with van der Waals surface area (Å²) in [5.74, 6) is 2.70. The first kappa shape index (κ1) is 29.6. The summed E-state index contributed by atoms with van der Waals surface area (Å²) in [6.07, 6.45) is 11.1. The van der Waals surface area contributed by atoms with Gasteiger partial charge in [0.1, 0.15) is 13.2 Å². The molecule has 5 aliphatic carbocycles. The second-order valence-electron chi connectivity index (χ2n) is 17.4. The van der Waals surface area contributed by atoms with Crippen molar-refractivity contribution in [1.29, 1.82) is 0 Å². The van der Waals surface area contributed by atoms with E-state index in [0.29, 0.717) is 36.2 Å². The Balaban J connectivity index is 1.48. The van der Waals surface area contributed by atoms with E-state index in [1.165, 1.54) is 31.3 Å². The Labute approximate surface area is 239 Å². The van der Waals surface area contributed by atoms with Crippen molar-refractivity contribution in [2.24, 2.45) is 56.7 Å². The van der Waals surface area contributed by atoms with Gasteiger partial charge in [-0.3, -0.25) is 4.79 Å². The van der Waals surface area contributed by atoms with Gasteiger partial charge in [-0.2, -0.15) is 0 Å². The quantitative estimate of drug-likeness (QED) is 0.226. The van der Waals surface area contributed by atoms with Crippen LogP contribution in [0.4, 0.5) is 0 Å². The molecule has 5 fully saturated rings. The molecule has 0 aliphatic heterocycles. The molecular formula is C35H60NO3+. The summed E-state index contributed by atoms with van der Waals surface area (Å²) >= 11 is 0. The van der Waals surface area contributed by atoms with E-state index in [2.05, 4.69) is 69.3 Å². The number of quaternary nitrogens is 1. The molecule has 0 bridgehead atoms. The van der Waals surface area contributed by atoms with Crippen molar-refractivity contribution in [3.63, 3.8) is 0 Å². The molecule has 0 radical (unpaired) electrons. The Hall–Kier alpha value is -0.870. The minimum Gasteiger partial charge on any atom is -0.459 e. The van der Waals surface area contributed by atoms with Crippen LogP contribution in [0.25, 0.3) is 0 Å². The molecule has 39 heavy (non-hydrogen) atoms. The monoisotopic (exact) mass is 542 g/mol. The van der Waals surface area contributed by atoms with Gasteiger partial charge in [0.05, 0.1) is 32.7 Å². The number of esters is 1. The van der Waals surface area contributed by atoms with Crippen LogP contribution in [0.15, 0.2) is 12.2 Å². The van der Waals surface area contributed by atoms with Crippen molar-refractivity contribution >= 4 is 5.97 Å². The number of hydrogen-bond acceptors (Lipinski definition) is 3. The zero-order chi connectivity index (χ0) is 28.8. The summed E-state index contributed by atoms with van der Waals surface area (Å²) < 4.78 is 6.96. The maximum absolute atomic E-state index is 14.1. The maximum Gasteiger partial charge on any atom is 0.312 e. The van der Waals surface area contributed by atoms with E-state index in [-0.39, 0.29) is 39.1 Å². The topological polar surface area (TPSA) is 46.5 Å². The minimum atomic E-state index is -0.333. The highest BCUT2D eigenvalue weighted by Crippen LogP contribution is 2.77. The fraction of sp³-hybridized carbons (Fsp3) is 0.914. The van der Waals surface area contributed by atoms with Gasteiger partial charge in [-0.1, -0.05) is 46.8 Å². The first-order chi connectivity index (χ1) is 17.9. The minimum absolute atomic E-state index is 0.0141. The van der Waals surface area contributed by atoms with Crippen LogP contribution in [-0.4, -0.2) is 56.0 Å². The van der Waals surface area contributed by atoms with Crippen LogP contribution in [0.3, 0.4) is 0 Å². The van der Waals surface area contributed by atoms with E-state index in [1.807, 2.05) is 0 Å². The first-order valence-corrected chi connectivity index (χ1v) is 16.3. The van der Waals surface area contributed by atoms with Crippen LogP contribution in [0.1, 0.15) is 106 Å². The van der Waals surface area contributed by atoms with Crippen molar-refractivity contribution in [3.8, 4) is 0 Å². The van der Waals surface area contributed by atoms with Crippen molar-refractivity contribution in [2.75, 3.05) is 34.3 Å². The van der Waals surface area contributed by atoms with Crippen molar-refractivity contribution in [1.82, 2.24) is 0 Å². The largest absolute Gasteiger partial charge is 0.459 e. The summed E-state index contributed by atoms with van der Waals surface area (Å²) in [4.78, 5) is 14.1. The molecule has 0 aromatic heterocycles. The van der Waals surface area contributed by atoms with Crippen molar-refractivity contribution in [3.05, 3.63) is 12.2 Å². The first-order valence-electron chi connectivity index (χ1n) is 16.3. The second-order valence-corrected chi connectivity index (χ2v) is 17.4. The van der Waals surface area contributed by atoms with E-state index >= 15 is 0 Å². The third-order valence-electron chi connectivity index (χ3n) is 14.4. The molecule has 0 spiro atoms. The molecule has 5 aliphatic rings. The lowest BCUT2D eigenvalue weighted by molar-refractivity contribution is -0.870. The predicted octanol–water partition coefficient (Wildman–Crippen LogP) is 7.25. The van der Waals surface area contributed by atoms with Crippen LogP contribution >= 0.6 is 0 Å². The number of allylic oxidation sites excluding steroid dienone is 1. The average Bonchev–Trinajstić information content (AvgIpc) is 3.23. The SMILES string of the molecule is C=C(C)C1CCC2(C(=O)OCC[N+](C)(C)C)CCC3(C)C(CCC4C5(C)CCC(O)C(C)(C)C5CCC43C)C12. The third kappa shape index (κ3) is 4.15. The fourth-order valence-corrected chi connectivity index (χ4v) is 12.0. The van der Waals surface area contributed by atoms with Crippen LogP contribution in [0, 0.1) is 56.7 Å². The number of ether oxygens (including phenoxy) is 1. The van der Waals surface area contributed by atoms with Gasteiger partial charge in [0, 0.05) is 0 Å². The summed E-state index contributed by atoms with van der Waals surface area (Å²) in [6, 6.07) is 0. The van der Waals surface area contributed by atoms with Gasteiger partial charge in [0.25, 0.3) is 0 Å². The smallest absolute Gasteiger partial charge is 0.312 e. The number of hydrogen-bond donors (Lipinski definition) is 1. The molecular weight excluding hydrogens is 482 g/mol. The normalized spacial score (nSPS) is 48.8. The van der Waals surface area contributed by atoms with E-state index in [9.17, 15) is 9.90 Å². The lowest BCUT2D eigenvalue weighted by Gasteiger charge is -2.72. The molecule has 1 N–H and O–H groups in total. The number of aliphatic hydroxyl groups is 1. The van der Waals surface area contributed by atoms with Gasteiger partial charge in [-0.15, -0.1) is 0 Å².